The average Bonchev–Trinajstić information content (AvgIpc) is 3.16. The van der Waals surface area contributed by atoms with Crippen LogP contribution in [0.5, 0.6) is 0 Å². The van der Waals surface area contributed by atoms with Crippen LogP contribution in [0.1, 0.15) is 33.3 Å². The van der Waals surface area contributed by atoms with Crippen LogP contribution in [0.15, 0.2) is 40.8 Å². The standard InChI is InChI=1S/C18H18N4O4/c1-11-4-6-15(16(8-11)22(24)25)19-18(23)17-7-5-14(26-17)10-21-13(3)9-12(2)20-21/h4-9H,10H2,1-3H3,(H,19,23). The predicted octanol–water partition coefficient (Wildman–Crippen LogP) is 3.61. The van der Waals surface area contributed by atoms with Crippen molar-refractivity contribution in [3.8, 4) is 0 Å². The summed E-state index contributed by atoms with van der Waals surface area (Å²) in [4.78, 5) is 23.0. The number of carbonyl (C=O) groups excluding carboxylic acids is 1. The molecule has 0 saturated heterocycles. The molecule has 0 aliphatic carbocycles. The third kappa shape index (κ3) is 3.64. The van der Waals surface area contributed by atoms with Crippen LogP contribution in [0.25, 0.3) is 0 Å². The van der Waals surface area contributed by atoms with Gasteiger partial charge in [0.25, 0.3) is 11.6 Å². The summed E-state index contributed by atoms with van der Waals surface area (Å²) < 4.78 is 7.35. The molecule has 0 atom stereocenters. The van der Waals surface area contributed by atoms with Gasteiger partial charge in [-0.05, 0) is 50.6 Å². The molecule has 3 rings (SSSR count). The molecule has 0 radical (unpaired) electrons. The van der Waals surface area contributed by atoms with Crippen molar-refractivity contribution in [2.75, 3.05) is 5.32 Å². The molecule has 1 aromatic carbocycles. The number of nitrogens with one attached hydrogen (secondary N) is 1. The molecule has 8 nitrogen and oxygen atoms in total. The topological polar surface area (TPSA) is 103 Å². The molecule has 1 N–H and O–H groups in total. The van der Waals surface area contributed by atoms with Crippen molar-refractivity contribution in [3.63, 3.8) is 0 Å². The van der Waals surface area contributed by atoms with Crippen LogP contribution in [-0.4, -0.2) is 20.6 Å². The number of anilines is 1. The Labute approximate surface area is 149 Å². The fourth-order valence-corrected chi connectivity index (χ4v) is 2.65. The summed E-state index contributed by atoms with van der Waals surface area (Å²) >= 11 is 0. The Morgan fingerprint density at radius 1 is 1.23 bits per heavy atom. The highest BCUT2D eigenvalue weighted by Gasteiger charge is 2.19. The van der Waals surface area contributed by atoms with Gasteiger partial charge in [0.1, 0.15) is 11.4 Å². The minimum atomic E-state index is -0.545. The van der Waals surface area contributed by atoms with E-state index in [9.17, 15) is 14.9 Å². The van der Waals surface area contributed by atoms with Gasteiger partial charge >= 0.3 is 0 Å². The first-order valence-corrected chi connectivity index (χ1v) is 7.99. The second kappa shape index (κ2) is 6.83. The molecule has 0 aliphatic rings. The Hall–Kier alpha value is -3.42. The molecule has 3 aromatic rings. The maximum Gasteiger partial charge on any atom is 0.293 e. The van der Waals surface area contributed by atoms with E-state index in [2.05, 4.69) is 10.4 Å². The van der Waals surface area contributed by atoms with E-state index in [1.807, 2.05) is 19.9 Å². The van der Waals surface area contributed by atoms with Crippen molar-refractivity contribution >= 4 is 17.3 Å². The van der Waals surface area contributed by atoms with Crippen LogP contribution < -0.4 is 5.32 Å². The average molecular weight is 354 g/mol. The lowest BCUT2D eigenvalue weighted by Gasteiger charge is -2.05. The number of nitrogens with zero attached hydrogens (tertiary/aromatic N) is 3. The second-order valence-electron chi connectivity index (χ2n) is 6.08. The van der Waals surface area contributed by atoms with Gasteiger partial charge in [0.15, 0.2) is 5.76 Å². The minimum Gasteiger partial charge on any atom is -0.454 e. The van der Waals surface area contributed by atoms with Crippen molar-refractivity contribution in [1.29, 1.82) is 0 Å². The number of nitro benzene ring substituents is 1. The first kappa shape index (κ1) is 17.4. The summed E-state index contributed by atoms with van der Waals surface area (Å²) in [5.41, 5.74) is 2.59. The van der Waals surface area contributed by atoms with E-state index in [1.165, 1.54) is 18.2 Å². The highest BCUT2D eigenvalue weighted by atomic mass is 16.6. The quantitative estimate of drug-likeness (QED) is 0.557. The molecule has 0 bridgehead atoms. The van der Waals surface area contributed by atoms with Gasteiger partial charge in [0.05, 0.1) is 17.2 Å². The molecule has 1 amide bonds. The van der Waals surface area contributed by atoms with Crippen molar-refractivity contribution < 1.29 is 14.1 Å². The van der Waals surface area contributed by atoms with E-state index in [0.717, 1.165) is 17.0 Å². The molecule has 26 heavy (non-hydrogen) atoms. The molecule has 0 unspecified atom stereocenters. The Morgan fingerprint density at radius 3 is 2.65 bits per heavy atom. The van der Waals surface area contributed by atoms with Gasteiger partial charge in [-0.3, -0.25) is 19.6 Å². The maximum absolute atomic E-state index is 12.4. The molecular formula is C18H18N4O4. The van der Waals surface area contributed by atoms with Crippen molar-refractivity contribution in [1.82, 2.24) is 9.78 Å². The van der Waals surface area contributed by atoms with Gasteiger partial charge in [-0.1, -0.05) is 6.07 Å². The zero-order valence-corrected chi connectivity index (χ0v) is 14.6. The summed E-state index contributed by atoms with van der Waals surface area (Å²) in [6, 6.07) is 9.79. The summed E-state index contributed by atoms with van der Waals surface area (Å²) in [5.74, 6) is 0.104. The third-order valence-electron chi connectivity index (χ3n) is 3.89. The number of hydrogen-bond acceptors (Lipinski definition) is 5. The molecule has 134 valence electrons. The lowest BCUT2D eigenvalue weighted by Crippen LogP contribution is -2.12. The summed E-state index contributed by atoms with van der Waals surface area (Å²) in [6.07, 6.45) is 0. The number of benzene rings is 1. The van der Waals surface area contributed by atoms with Crippen LogP contribution in [0.3, 0.4) is 0 Å². The Balaban J connectivity index is 1.77. The zero-order valence-electron chi connectivity index (χ0n) is 14.6. The summed E-state index contributed by atoms with van der Waals surface area (Å²) in [7, 11) is 0. The molecule has 2 heterocycles. The molecule has 0 saturated carbocycles. The zero-order chi connectivity index (χ0) is 18.8. The number of nitro groups is 1. The van der Waals surface area contributed by atoms with E-state index in [-0.39, 0.29) is 17.1 Å². The lowest BCUT2D eigenvalue weighted by atomic mass is 10.2. The molecule has 2 aromatic heterocycles. The van der Waals surface area contributed by atoms with E-state index >= 15 is 0 Å². The fraction of sp³-hybridized carbons (Fsp3) is 0.222. The van der Waals surface area contributed by atoms with Crippen molar-refractivity contribution in [3.05, 3.63) is 75.0 Å². The molecule has 0 spiro atoms. The van der Waals surface area contributed by atoms with E-state index in [4.69, 9.17) is 4.42 Å². The predicted molar refractivity (Wildman–Crippen MR) is 95.3 cm³/mol. The minimum absolute atomic E-state index is 0.0800. The van der Waals surface area contributed by atoms with Crippen molar-refractivity contribution in [2.24, 2.45) is 0 Å². The van der Waals surface area contributed by atoms with Crippen LogP contribution in [0.2, 0.25) is 0 Å². The maximum atomic E-state index is 12.4. The molecule has 0 fully saturated rings. The summed E-state index contributed by atoms with van der Waals surface area (Å²) in [6.45, 7) is 5.99. The number of carbonyl (C=O) groups is 1. The highest BCUT2D eigenvalue weighted by molar-refractivity contribution is 6.03. The Morgan fingerprint density at radius 2 is 2.00 bits per heavy atom. The number of aromatic nitrogens is 2. The second-order valence-corrected chi connectivity index (χ2v) is 6.08. The number of amides is 1. The van der Waals surface area contributed by atoms with Crippen LogP contribution in [0, 0.1) is 30.9 Å². The molecular weight excluding hydrogens is 336 g/mol. The SMILES string of the molecule is Cc1ccc(NC(=O)c2ccc(Cn3nc(C)cc3C)o2)c([N+](=O)[O-])c1. The number of hydrogen-bond donors (Lipinski definition) is 1. The number of aryl methyl sites for hydroxylation is 3. The van der Waals surface area contributed by atoms with Gasteiger partial charge < -0.3 is 9.73 Å². The number of furan rings is 1. The monoisotopic (exact) mass is 354 g/mol. The Bertz CT molecular complexity index is 987. The highest BCUT2D eigenvalue weighted by Crippen LogP contribution is 2.26. The van der Waals surface area contributed by atoms with E-state index in [0.29, 0.717) is 12.3 Å². The molecule has 0 aliphatic heterocycles. The first-order valence-electron chi connectivity index (χ1n) is 7.99. The normalized spacial score (nSPS) is 10.7. The lowest BCUT2D eigenvalue weighted by molar-refractivity contribution is -0.384. The largest absolute Gasteiger partial charge is 0.454 e. The van der Waals surface area contributed by atoms with Crippen LogP contribution in [0.4, 0.5) is 11.4 Å². The first-order chi connectivity index (χ1) is 12.3. The Kier molecular flexibility index (Phi) is 4.57. The van der Waals surface area contributed by atoms with Crippen LogP contribution in [-0.2, 0) is 6.54 Å². The fourth-order valence-electron chi connectivity index (χ4n) is 2.65. The smallest absolute Gasteiger partial charge is 0.293 e. The van der Waals surface area contributed by atoms with E-state index in [1.54, 1.807) is 23.7 Å². The summed E-state index contributed by atoms with van der Waals surface area (Å²) in [5, 5.41) is 18.0. The van der Waals surface area contributed by atoms with E-state index < -0.39 is 10.8 Å². The number of rotatable bonds is 5. The van der Waals surface area contributed by atoms with Gasteiger partial charge in [0, 0.05) is 11.8 Å². The van der Waals surface area contributed by atoms with Gasteiger partial charge in [-0.25, -0.2) is 0 Å². The molecule has 8 heteroatoms. The van der Waals surface area contributed by atoms with Gasteiger partial charge in [-0.2, -0.15) is 5.10 Å². The van der Waals surface area contributed by atoms with Gasteiger partial charge in [-0.15, -0.1) is 0 Å². The van der Waals surface area contributed by atoms with Crippen molar-refractivity contribution in [2.45, 2.75) is 27.3 Å². The third-order valence-corrected chi connectivity index (χ3v) is 3.89. The van der Waals surface area contributed by atoms with Gasteiger partial charge in [0.2, 0.25) is 0 Å². The van der Waals surface area contributed by atoms with Crippen LogP contribution >= 0.6 is 0 Å².